The zero-order chi connectivity index (χ0) is 18.7. The van der Waals surface area contributed by atoms with Gasteiger partial charge >= 0.3 is 0 Å². The lowest BCUT2D eigenvalue weighted by atomic mass is 10.2. The number of amides is 1. The molecule has 5 nitrogen and oxygen atoms in total. The molecule has 1 amide bonds. The number of rotatable bonds is 5. The predicted octanol–water partition coefficient (Wildman–Crippen LogP) is 4.92. The van der Waals surface area contributed by atoms with Gasteiger partial charge in [0, 0.05) is 11.4 Å². The molecular weight excluding hydrogens is 391 g/mol. The Morgan fingerprint density at radius 3 is 2.65 bits per heavy atom. The molecule has 0 unspecified atom stereocenters. The van der Waals surface area contributed by atoms with E-state index in [2.05, 4.69) is 21.6 Å². The second-order valence-corrected chi connectivity index (χ2v) is 7.43. The average molecular weight is 407 g/mol. The summed E-state index contributed by atoms with van der Waals surface area (Å²) < 4.78 is 1.93. The van der Waals surface area contributed by atoms with Crippen LogP contribution < -0.4 is 5.32 Å². The quantitative estimate of drug-likeness (QED) is 0.610. The summed E-state index contributed by atoms with van der Waals surface area (Å²) in [5.74, 6) is 0.803. The molecule has 2 aromatic carbocycles. The van der Waals surface area contributed by atoms with Crippen molar-refractivity contribution in [2.24, 2.45) is 0 Å². The Kier molecular flexibility index (Phi) is 5.86. The lowest BCUT2D eigenvalue weighted by Gasteiger charge is -2.09. The summed E-state index contributed by atoms with van der Waals surface area (Å²) in [4.78, 5) is 12.2. The van der Waals surface area contributed by atoms with Gasteiger partial charge in [-0.05, 0) is 49.7 Å². The first-order valence-corrected chi connectivity index (χ1v) is 9.55. The highest BCUT2D eigenvalue weighted by Crippen LogP contribution is 2.26. The van der Waals surface area contributed by atoms with Crippen molar-refractivity contribution in [1.29, 1.82) is 0 Å². The number of carbonyl (C=O) groups is 1. The third-order valence-electron chi connectivity index (χ3n) is 3.59. The third kappa shape index (κ3) is 4.38. The van der Waals surface area contributed by atoms with Gasteiger partial charge in [0.2, 0.25) is 5.91 Å². The van der Waals surface area contributed by atoms with Gasteiger partial charge in [0.25, 0.3) is 0 Å². The van der Waals surface area contributed by atoms with Gasteiger partial charge in [-0.3, -0.25) is 9.36 Å². The van der Waals surface area contributed by atoms with E-state index in [-0.39, 0.29) is 11.7 Å². The molecular formula is C18H16Cl2N4OS. The molecule has 0 saturated heterocycles. The van der Waals surface area contributed by atoms with E-state index in [1.54, 1.807) is 18.2 Å². The molecule has 0 bridgehead atoms. The molecule has 0 fully saturated rings. The molecule has 0 saturated carbocycles. The maximum atomic E-state index is 12.2. The molecule has 3 rings (SSSR count). The van der Waals surface area contributed by atoms with Crippen LogP contribution in [-0.2, 0) is 4.79 Å². The van der Waals surface area contributed by atoms with Gasteiger partial charge in [-0.25, -0.2) is 0 Å². The summed E-state index contributed by atoms with van der Waals surface area (Å²) in [6, 6.07) is 13.0. The highest BCUT2D eigenvalue weighted by atomic mass is 35.5. The van der Waals surface area contributed by atoms with E-state index < -0.39 is 0 Å². The Labute approximate surface area is 165 Å². The number of hydrogen-bond acceptors (Lipinski definition) is 4. The number of anilines is 1. The maximum Gasteiger partial charge on any atom is 0.234 e. The van der Waals surface area contributed by atoms with Crippen LogP contribution in [0.2, 0.25) is 10.0 Å². The van der Waals surface area contributed by atoms with Gasteiger partial charge < -0.3 is 5.32 Å². The van der Waals surface area contributed by atoms with Gasteiger partial charge in [0.1, 0.15) is 5.82 Å². The fourth-order valence-electron chi connectivity index (χ4n) is 2.40. The summed E-state index contributed by atoms with van der Waals surface area (Å²) in [7, 11) is 0. The van der Waals surface area contributed by atoms with Crippen molar-refractivity contribution in [3.05, 3.63) is 63.9 Å². The Bertz CT molecular complexity index is 958. The first kappa shape index (κ1) is 18.8. The van der Waals surface area contributed by atoms with E-state index in [1.807, 2.05) is 36.6 Å². The summed E-state index contributed by atoms with van der Waals surface area (Å²) >= 11 is 13.2. The smallest absolute Gasteiger partial charge is 0.234 e. The van der Waals surface area contributed by atoms with Crippen molar-refractivity contribution in [2.45, 2.75) is 19.0 Å². The van der Waals surface area contributed by atoms with Crippen LogP contribution in [0.15, 0.2) is 47.6 Å². The Morgan fingerprint density at radius 2 is 1.92 bits per heavy atom. The van der Waals surface area contributed by atoms with E-state index in [9.17, 15) is 4.79 Å². The lowest BCUT2D eigenvalue weighted by Crippen LogP contribution is -2.14. The van der Waals surface area contributed by atoms with Crippen LogP contribution in [0.25, 0.3) is 5.69 Å². The molecule has 0 aliphatic carbocycles. The number of aryl methyl sites for hydroxylation is 2. The van der Waals surface area contributed by atoms with Gasteiger partial charge in [-0.15, -0.1) is 10.2 Å². The van der Waals surface area contributed by atoms with Gasteiger partial charge in [-0.2, -0.15) is 0 Å². The average Bonchev–Trinajstić information content (AvgIpc) is 2.97. The largest absolute Gasteiger partial charge is 0.325 e. The van der Waals surface area contributed by atoms with Crippen molar-refractivity contribution in [3.8, 4) is 5.69 Å². The molecule has 3 aromatic rings. The molecule has 1 aromatic heterocycles. The number of nitrogens with zero attached hydrogens (tertiary/aromatic N) is 3. The Balaban J connectivity index is 1.70. The fraction of sp³-hybridized carbons (Fsp3) is 0.167. The Hall–Kier alpha value is -2.02. The van der Waals surface area contributed by atoms with Gasteiger partial charge in [0.05, 0.1) is 15.8 Å². The molecule has 0 spiro atoms. The number of carbonyl (C=O) groups excluding carboxylic acids is 1. The van der Waals surface area contributed by atoms with Crippen molar-refractivity contribution >= 4 is 46.6 Å². The van der Waals surface area contributed by atoms with Crippen LogP contribution in [0.1, 0.15) is 11.4 Å². The minimum absolute atomic E-state index is 0.162. The molecule has 0 aliphatic heterocycles. The maximum absolute atomic E-state index is 12.2. The first-order valence-electron chi connectivity index (χ1n) is 7.81. The topological polar surface area (TPSA) is 59.8 Å². The molecule has 1 N–H and O–H groups in total. The number of hydrogen-bond donors (Lipinski definition) is 1. The van der Waals surface area contributed by atoms with Crippen LogP contribution in [0.4, 0.5) is 5.69 Å². The van der Waals surface area contributed by atoms with E-state index in [0.29, 0.717) is 20.9 Å². The zero-order valence-corrected chi connectivity index (χ0v) is 16.5. The number of benzene rings is 2. The van der Waals surface area contributed by atoms with Gasteiger partial charge in [-0.1, -0.05) is 47.1 Å². The molecule has 0 aliphatic rings. The summed E-state index contributed by atoms with van der Waals surface area (Å²) in [6.45, 7) is 3.91. The molecule has 1 heterocycles. The first-order chi connectivity index (χ1) is 12.4. The van der Waals surface area contributed by atoms with Crippen molar-refractivity contribution in [1.82, 2.24) is 14.8 Å². The van der Waals surface area contributed by atoms with Gasteiger partial charge in [0.15, 0.2) is 5.16 Å². The molecule has 134 valence electrons. The second kappa shape index (κ2) is 8.12. The van der Waals surface area contributed by atoms with Crippen molar-refractivity contribution < 1.29 is 4.79 Å². The van der Waals surface area contributed by atoms with Crippen LogP contribution in [0.3, 0.4) is 0 Å². The Morgan fingerprint density at radius 1 is 1.12 bits per heavy atom. The minimum atomic E-state index is -0.162. The highest BCUT2D eigenvalue weighted by molar-refractivity contribution is 7.99. The van der Waals surface area contributed by atoms with Crippen molar-refractivity contribution in [2.75, 3.05) is 11.1 Å². The second-order valence-electron chi connectivity index (χ2n) is 5.67. The van der Waals surface area contributed by atoms with Crippen LogP contribution in [0, 0.1) is 13.8 Å². The molecule has 0 radical (unpaired) electrons. The number of aromatic nitrogens is 3. The van der Waals surface area contributed by atoms with Crippen LogP contribution in [-0.4, -0.2) is 26.4 Å². The SMILES string of the molecule is Cc1cccc(-n2c(C)nnc2SCC(=O)Nc2ccc(Cl)c(Cl)c2)c1. The number of halogens is 2. The van der Waals surface area contributed by atoms with Crippen molar-refractivity contribution in [3.63, 3.8) is 0 Å². The van der Waals surface area contributed by atoms with E-state index in [0.717, 1.165) is 17.1 Å². The summed E-state index contributed by atoms with van der Waals surface area (Å²) in [5.41, 5.74) is 2.71. The molecule has 8 heteroatoms. The normalized spacial score (nSPS) is 10.8. The molecule has 0 atom stereocenters. The lowest BCUT2D eigenvalue weighted by molar-refractivity contribution is -0.113. The van der Waals surface area contributed by atoms with E-state index in [4.69, 9.17) is 23.2 Å². The molecule has 26 heavy (non-hydrogen) atoms. The van der Waals surface area contributed by atoms with E-state index >= 15 is 0 Å². The third-order valence-corrected chi connectivity index (χ3v) is 5.26. The van der Waals surface area contributed by atoms with E-state index in [1.165, 1.54) is 11.8 Å². The van der Waals surface area contributed by atoms with Crippen LogP contribution >= 0.6 is 35.0 Å². The fourth-order valence-corrected chi connectivity index (χ4v) is 3.50. The zero-order valence-electron chi connectivity index (χ0n) is 14.2. The van der Waals surface area contributed by atoms with Crippen LogP contribution in [0.5, 0.6) is 0 Å². The summed E-state index contributed by atoms with van der Waals surface area (Å²) in [5, 5.41) is 12.6. The highest BCUT2D eigenvalue weighted by Gasteiger charge is 2.14. The minimum Gasteiger partial charge on any atom is -0.325 e. The summed E-state index contributed by atoms with van der Waals surface area (Å²) in [6.07, 6.45) is 0. The monoisotopic (exact) mass is 406 g/mol. The number of nitrogens with one attached hydrogen (secondary N) is 1. The number of thioether (sulfide) groups is 1. The predicted molar refractivity (Wildman–Crippen MR) is 107 cm³/mol. The standard InChI is InChI=1S/C18H16Cl2N4OS/c1-11-4-3-5-14(8-11)24-12(2)22-23-18(24)26-10-17(25)21-13-6-7-15(19)16(20)9-13/h3-9H,10H2,1-2H3,(H,21,25).